The lowest BCUT2D eigenvalue weighted by Gasteiger charge is -2.00. The highest BCUT2D eigenvalue weighted by molar-refractivity contribution is 5.66. The van der Waals surface area contributed by atoms with Crippen LogP contribution in [0.5, 0.6) is 0 Å². The fourth-order valence-corrected chi connectivity index (χ4v) is 0.479. The number of amides is 1. The predicted molar refractivity (Wildman–Crippen MR) is 38.9 cm³/mol. The highest BCUT2D eigenvalue weighted by atomic mass is 16.5. The molecule has 0 saturated carbocycles. The van der Waals surface area contributed by atoms with Crippen molar-refractivity contribution in [1.29, 1.82) is 0 Å². The van der Waals surface area contributed by atoms with Gasteiger partial charge in [-0.15, -0.1) is 0 Å². The average molecular weight is 144 g/mol. The van der Waals surface area contributed by atoms with Crippen molar-refractivity contribution in [3.63, 3.8) is 0 Å². The zero-order valence-corrected chi connectivity index (χ0v) is 6.59. The van der Waals surface area contributed by atoms with Crippen LogP contribution in [0.1, 0.15) is 26.7 Å². The molecule has 1 radical (unpaired) electrons. The van der Waals surface area contributed by atoms with Crippen LogP contribution in [-0.2, 0) is 4.74 Å². The maximum atomic E-state index is 10.5. The van der Waals surface area contributed by atoms with Crippen LogP contribution in [0.25, 0.3) is 0 Å². The van der Waals surface area contributed by atoms with Gasteiger partial charge in [0.1, 0.15) is 0 Å². The van der Waals surface area contributed by atoms with Gasteiger partial charge in [-0.2, -0.15) is 0 Å². The second kappa shape index (κ2) is 6.39. The number of rotatable bonds is 4. The molecule has 3 nitrogen and oxygen atoms in total. The maximum absolute atomic E-state index is 10.5. The van der Waals surface area contributed by atoms with Crippen molar-refractivity contribution in [2.45, 2.75) is 26.7 Å². The van der Waals surface area contributed by atoms with Gasteiger partial charge in [0.15, 0.2) is 0 Å². The highest BCUT2D eigenvalue weighted by Crippen LogP contribution is 1.88. The van der Waals surface area contributed by atoms with Crippen LogP contribution in [0.4, 0.5) is 4.79 Å². The Labute approximate surface area is 61.8 Å². The third-order valence-electron chi connectivity index (χ3n) is 1.01. The molecule has 0 rings (SSSR count). The number of ether oxygens (including phenoxy) is 1. The number of nitrogens with zero attached hydrogens (tertiary/aromatic N) is 1. The van der Waals surface area contributed by atoms with Crippen LogP contribution in [0.3, 0.4) is 0 Å². The molecular formula is C7H14NO2. The van der Waals surface area contributed by atoms with E-state index in [-0.39, 0.29) is 0 Å². The molecule has 1 amide bonds. The van der Waals surface area contributed by atoms with Crippen molar-refractivity contribution in [2.75, 3.05) is 13.2 Å². The Morgan fingerprint density at radius 1 is 1.50 bits per heavy atom. The lowest BCUT2D eigenvalue weighted by Crippen LogP contribution is -2.16. The molecule has 59 valence electrons. The lowest BCUT2D eigenvalue weighted by atomic mass is 10.4. The fraction of sp³-hybridized carbons (Fsp3) is 0.857. The van der Waals surface area contributed by atoms with E-state index in [9.17, 15) is 4.79 Å². The Morgan fingerprint density at radius 3 is 2.70 bits per heavy atom. The van der Waals surface area contributed by atoms with Gasteiger partial charge >= 0.3 is 6.09 Å². The summed E-state index contributed by atoms with van der Waals surface area (Å²) in [6.07, 6.45) is 1.53. The summed E-state index contributed by atoms with van der Waals surface area (Å²) in [6, 6.07) is 0. The lowest BCUT2D eigenvalue weighted by molar-refractivity contribution is 0.144. The van der Waals surface area contributed by atoms with Gasteiger partial charge in [0.2, 0.25) is 0 Å². The molecule has 0 aromatic carbocycles. The van der Waals surface area contributed by atoms with Crippen LogP contribution >= 0.6 is 0 Å². The minimum Gasteiger partial charge on any atom is -0.448 e. The van der Waals surface area contributed by atoms with E-state index < -0.39 is 6.09 Å². The van der Waals surface area contributed by atoms with Gasteiger partial charge in [0.25, 0.3) is 0 Å². The molecule has 0 N–H and O–H groups in total. The molecule has 0 aromatic heterocycles. The van der Waals surface area contributed by atoms with Gasteiger partial charge in [-0.05, 0) is 13.3 Å². The average Bonchev–Trinajstić information content (AvgIpc) is 1.89. The first kappa shape index (κ1) is 9.27. The second-order valence-corrected chi connectivity index (χ2v) is 1.94. The van der Waals surface area contributed by atoms with Crippen LogP contribution in [0, 0.1) is 0 Å². The molecule has 0 spiro atoms. The molecule has 0 bridgehead atoms. The maximum Gasteiger partial charge on any atom is 0.428 e. The molecule has 0 aliphatic heterocycles. The van der Waals surface area contributed by atoms with Crippen LogP contribution in [0.2, 0.25) is 0 Å². The van der Waals surface area contributed by atoms with Crippen LogP contribution < -0.4 is 5.32 Å². The van der Waals surface area contributed by atoms with Crippen molar-refractivity contribution < 1.29 is 9.53 Å². The third kappa shape index (κ3) is 5.41. The van der Waals surface area contributed by atoms with E-state index in [2.05, 4.69) is 5.32 Å². The quantitative estimate of drug-likeness (QED) is 0.561. The SMILES string of the molecule is CCCCOC(=O)[N]CC. The van der Waals surface area contributed by atoms with Crippen molar-refractivity contribution >= 4 is 6.09 Å². The molecule has 0 heterocycles. The summed E-state index contributed by atoms with van der Waals surface area (Å²) >= 11 is 0. The van der Waals surface area contributed by atoms with Gasteiger partial charge in [0, 0.05) is 6.54 Å². The van der Waals surface area contributed by atoms with E-state index in [0.717, 1.165) is 12.8 Å². The first-order valence-electron chi connectivity index (χ1n) is 3.65. The summed E-state index contributed by atoms with van der Waals surface area (Å²) in [6.45, 7) is 4.86. The Morgan fingerprint density at radius 2 is 2.20 bits per heavy atom. The summed E-state index contributed by atoms with van der Waals surface area (Å²) in [7, 11) is 0. The second-order valence-electron chi connectivity index (χ2n) is 1.94. The van der Waals surface area contributed by atoms with Crippen molar-refractivity contribution in [2.24, 2.45) is 0 Å². The van der Waals surface area contributed by atoms with Gasteiger partial charge < -0.3 is 4.74 Å². The third-order valence-corrected chi connectivity index (χ3v) is 1.01. The molecule has 0 saturated heterocycles. The molecule has 10 heavy (non-hydrogen) atoms. The zero-order chi connectivity index (χ0) is 7.82. The highest BCUT2D eigenvalue weighted by Gasteiger charge is 1.98. The molecule has 0 unspecified atom stereocenters. The molecule has 0 aliphatic rings. The van der Waals surface area contributed by atoms with E-state index in [1.54, 1.807) is 6.92 Å². The number of hydrogen-bond donors (Lipinski definition) is 0. The zero-order valence-electron chi connectivity index (χ0n) is 6.59. The fourth-order valence-electron chi connectivity index (χ4n) is 0.479. The van der Waals surface area contributed by atoms with E-state index in [0.29, 0.717) is 13.2 Å². The molecule has 0 fully saturated rings. The van der Waals surface area contributed by atoms with Gasteiger partial charge in [-0.1, -0.05) is 13.3 Å². The monoisotopic (exact) mass is 144 g/mol. The standard InChI is InChI=1S/C7H14NO2/c1-3-5-6-10-7(9)8-4-2/h3-6H2,1-2H3. The molecule has 0 aromatic rings. The first-order chi connectivity index (χ1) is 4.81. The van der Waals surface area contributed by atoms with Gasteiger partial charge in [-0.25, -0.2) is 10.1 Å². The Hall–Kier alpha value is -0.730. The van der Waals surface area contributed by atoms with E-state index >= 15 is 0 Å². The van der Waals surface area contributed by atoms with E-state index in [1.165, 1.54) is 0 Å². The Kier molecular flexibility index (Phi) is 5.92. The van der Waals surface area contributed by atoms with E-state index in [4.69, 9.17) is 4.74 Å². The van der Waals surface area contributed by atoms with Crippen LogP contribution in [-0.4, -0.2) is 19.2 Å². The normalized spacial score (nSPS) is 9.00. The van der Waals surface area contributed by atoms with Crippen LogP contribution in [0.15, 0.2) is 0 Å². The Bertz CT molecular complexity index is 93.6. The van der Waals surface area contributed by atoms with Gasteiger partial charge in [0.05, 0.1) is 6.61 Å². The summed E-state index contributed by atoms with van der Waals surface area (Å²) in [4.78, 5) is 10.5. The Balaban J connectivity index is 3.05. The summed E-state index contributed by atoms with van der Waals surface area (Å²) < 4.78 is 4.72. The smallest absolute Gasteiger partial charge is 0.428 e. The first-order valence-corrected chi connectivity index (χ1v) is 3.65. The minimum atomic E-state index is -0.434. The number of carbonyl (C=O) groups is 1. The van der Waals surface area contributed by atoms with Crippen molar-refractivity contribution in [1.82, 2.24) is 5.32 Å². The summed E-state index contributed by atoms with van der Waals surface area (Å²) in [5, 5.41) is 3.54. The molecule has 0 atom stereocenters. The summed E-state index contributed by atoms with van der Waals surface area (Å²) in [5.74, 6) is 0. The number of hydrogen-bond acceptors (Lipinski definition) is 2. The van der Waals surface area contributed by atoms with Gasteiger partial charge in [-0.3, -0.25) is 0 Å². The predicted octanol–water partition coefficient (Wildman–Crippen LogP) is 1.55. The molecular weight excluding hydrogens is 130 g/mol. The largest absolute Gasteiger partial charge is 0.448 e. The van der Waals surface area contributed by atoms with Crippen molar-refractivity contribution in [3.8, 4) is 0 Å². The number of unbranched alkanes of at least 4 members (excludes halogenated alkanes) is 1. The summed E-state index contributed by atoms with van der Waals surface area (Å²) in [5.41, 5.74) is 0. The molecule has 3 heteroatoms. The molecule has 0 aliphatic carbocycles. The van der Waals surface area contributed by atoms with Crippen molar-refractivity contribution in [3.05, 3.63) is 0 Å². The number of carbonyl (C=O) groups excluding carboxylic acids is 1. The topological polar surface area (TPSA) is 40.4 Å². The van der Waals surface area contributed by atoms with E-state index in [1.807, 2.05) is 6.92 Å². The minimum absolute atomic E-state index is 0.434.